The molecule has 0 fully saturated rings. The van der Waals surface area contributed by atoms with Gasteiger partial charge in [-0.25, -0.2) is 0 Å². The van der Waals surface area contributed by atoms with Crippen molar-refractivity contribution in [3.8, 4) is 11.5 Å². The number of ether oxygens (including phenoxy) is 2. The van der Waals surface area contributed by atoms with Crippen LogP contribution >= 0.6 is 0 Å². The van der Waals surface area contributed by atoms with Crippen LogP contribution in [0.3, 0.4) is 0 Å². The Morgan fingerprint density at radius 1 is 0.562 bits per heavy atom. The van der Waals surface area contributed by atoms with Crippen LogP contribution < -0.4 is 16.6 Å². The second kappa shape index (κ2) is 10.2. The van der Waals surface area contributed by atoms with E-state index in [1.807, 2.05) is 36.7 Å². The van der Waals surface area contributed by atoms with E-state index in [0.717, 1.165) is 22.5 Å². The second-order valence-electron chi connectivity index (χ2n) is 10.1. The zero-order chi connectivity index (χ0) is 23.5. The first-order valence-corrected chi connectivity index (χ1v) is 30.9. The third-order valence-corrected chi connectivity index (χ3v) is 17.0. The molecule has 0 amide bonds. The number of hydrogen-bond acceptors (Lipinski definition) is 4. The second-order valence-corrected chi connectivity index (χ2v) is 39.0. The summed E-state index contributed by atoms with van der Waals surface area (Å²) in [6.45, 7) is 0. The van der Waals surface area contributed by atoms with Crippen LogP contribution in [0.2, 0.25) is 29.6 Å². The molecule has 0 unspecified atom stereocenters. The van der Waals surface area contributed by atoms with E-state index in [2.05, 4.69) is 63.9 Å². The van der Waals surface area contributed by atoms with Gasteiger partial charge in [-0.15, -0.1) is 0 Å². The molecule has 2 heterocycles. The van der Waals surface area contributed by atoms with Gasteiger partial charge in [-0.1, -0.05) is 0 Å². The average Bonchev–Trinajstić information content (AvgIpc) is 2.76. The number of benzene rings is 2. The van der Waals surface area contributed by atoms with Gasteiger partial charge in [-0.05, 0) is 0 Å². The zero-order valence-electron chi connectivity index (χ0n) is 20.5. The molecule has 2 aromatic carbocycles. The van der Waals surface area contributed by atoms with E-state index < -0.39 is 36.8 Å². The van der Waals surface area contributed by atoms with E-state index >= 15 is 0 Å². The number of hydrogen-bond donors (Lipinski definition) is 0. The average molecular weight is 644 g/mol. The number of fused-ring (bicyclic) bond motifs is 2. The molecule has 4 nitrogen and oxygen atoms in total. The van der Waals surface area contributed by atoms with E-state index in [9.17, 15) is 0 Å². The molecule has 0 radical (unpaired) electrons. The van der Waals surface area contributed by atoms with E-state index in [-0.39, 0.29) is 0 Å². The van der Waals surface area contributed by atoms with Crippen LogP contribution in [-0.4, -0.2) is 60.9 Å². The summed E-state index contributed by atoms with van der Waals surface area (Å²) in [6.07, 6.45) is 4.09. The summed E-state index contributed by atoms with van der Waals surface area (Å²) >= 11 is -3.99. The molecule has 0 N–H and O–H groups in total. The first-order valence-electron chi connectivity index (χ1n) is 10.9. The van der Waals surface area contributed by atoms with E-state index in [1.54, 1.807) is 14.2 Å². The van der Waals surface area contributed by atoms with Gasteiger partial charge in [0.25, 0.3) is 0 Å². The van der Waals surface area contributed by atoms with Crippen LogP contribution in [0.1, 0.15) is 0 Å². The summed E-state index contributed by atoms with van der Waals surface area (Å²) in [5.74, 6) is 1.77. The minimum atomic E-state index is -2.00. The molecule has 32 heavy (non-hydrogen) atoms. The van der Waals surface area contributed by atoms with Gasteiger partial charge in [0, 0.05) is 0 Å². The van der Waals surface area contributed by atoms with Gasteiger partial charge in [-0.3, -0.25) is 0 Å². The van der Waals surface area contributed by atoms with Crippen LogP contribution in [0, 0.1) is 0 Å². The quantitative estimate of drug-likeness (QED) is 0.273. The Morgan fingerprint density at radius 3 is 1.62 bits per heavy atom. The standard InChI is InChI=1S/2C10H8NO.6CH3.2Sn/c1-12-9-4-5-10-8(7-9)3-2-6-11-10;1-12-9-5-4-8-3-2-6-11-10(8)7-9;;;;;;;;/h2*3-7H,1H3;6*1H3;;. The third-order valence-electron chi connectivity index (χ3n) is 5.51. The maximum absolute atomic E-state index is 5.24. The third kappa shape index (κ3) is 6.28. The number of methoxy groups -OCH3 is 2. The first-order chi connectivity index (χ1) is 15.0. The molecule has 4 rings (SSSR count). The van der Waals surface area contributed by atoms with Gasteiger partial charge in [0.15, 0.2) is 0 Å². The predicted molar refractivity (Wildman–Crippen MR) is 143 cm³/mol. The Kier molecular flexibility index (Phi) is 7.96. The Hall–Kier alpha value is -1.54. The number of nitrogens with zero attached hydrogens (tertiary/aromatic N) is 2. The Morgan fingerprint density at radius 2 is 1.06 bits per heavy atom. The van der Waals surface area contributed by atoms with Crippen molar-refractivity contribution in [2.75, 3.05) is 14.2 Å². The van der Waals surface area contributed by atoms with Crippen LogP contribution in [0.15, 0.2) is 60.9 Å². The molecule has 0 aliphatic heterocycles. The number of aromatic nitrogens is 2. The molecule has 4 aromatic rings. The van der Waals surface area contributed by atoms with Crippen LogP contribution in [0.25, 0.3) is 21.8 Å². The molecule has 0 atom stereocenters. The van der Waals surface area contributed by atoms with Crippen LogP contribution in [-0.2, 0) is 0 Å². The molecule has 0 aliphatic carbocycles. The molecule has 6 heteroatoms. The van der Waals surface area contributed by atoms with Crippen molar-refractivity contribution in [3.63, 3.8) is 0 Å². The zero-order valence-corrected chi connectivity index (χ0v) is 26.2. The van der Waals surface area contributed by atoms with Gasteiger partial charge in [-0.2, -0.15) is 0 Å². The summed E-state index contributed by atoms with van der Waals surface area (Å²) in [5, 5.41) is 2.40. The minimum absolute atomic E-state index is 0.868. The van der Waals surface area contributed by atoms with E-state index in [0.29, 0.717) is 0 Å². The van der Waals surface area contributed by atoms with E-state index in [1.165, 1.54) is 17.9 Å². The summed E-state index contributed by atoms with van der Waals surface area (Å²) in [7, 11) is 3.38. The van der Waals surface area contributed by atoms with Crippen molar-refractivity contribution >= 4 is 65.7 Å². The molecule has 2 aromatic heterocycles. The Labute approximate surface area is 200 Å². The van der Waals surface area contributed by atoms with Gasteiger partial charge >= 0.3 is 201 Å². The predicted octanol–water partition coefficient (Wildman–Crippen LogP) is 5.58. The van der Waals surface area contributed by atoms with Gasteiger partial charge in [0.1, 0.15) is 0 Å². The summed E-state index contributed by atoms with van der Waals surface area (Å²) in [6, 6.07) is 16.7. The van der Waals surface area contributed by atoms with Crippen molar-refractivity contribution < 1.29 is 9.47 Å². The fourth-order valence-corrected chi connectivity index (χ4v) is 9.22. The Balaban J connectivity index is 0.000000181. The summed E-state index contributed by atoms with van der Waals surface area (Å²) < 4.78 is 13.3. The van der Waals surface area contributed by atoms with Gasteiger partial charge < -0.3 is 0 Å². The maximum atomic E-state index is 5.24. The van der Waals surface area contributed by atoms with Crippen LogP contribution in [0.5, 0.6) is 11.5 Å². The van der Waals surface area contributed by atoms with Gasteiger partial charge in [0.2, 0.25) is 0 Å². The molecule has 0 spiro atoms. The molecular weight excluding hydrogens is 610 g/mol. The molecule has 0 aliphatic rings. The molecule has 0 bridgehead atoms. The van der Waals surface area contributed by atoms with Crippen molar-refractivity contribution in [2.45, 2.75) is 29.6 Å². The Bertz CT molecular complexity index is 1230. The summed E-state index contributed by atoms with van der Waals surface area (Å²) in [5.41, 5.74) is 2.05. The topological polar surface area (TPSA) is 44.2 Å². The first kappa shape index (κ1) is 25.1. The molecular formula is C26H34N2O2Sn2. The summed E-state index contributed by atoms with van der Waals surface area (Å²) in [4.78, 5) is 23.5. The van der Waals surface area contributed by atoms with Gasteiger partial charge in [0.05, 0.1) is 0 Å². The van der Waals surface area contributed by atoms with Crippen molar-refractivity contribution in [3.05, 3.63) is 60.9 Å². The van der Waals surface area contributed by atoms with Crippen molar-refractivity contribution in [2.24, 2.45) is 0 Å². The molecule has 0 saturated carbocycles. The van der Waals surface area contributed by atoms with Crippen molar-refractivity contribution in [1.29, 1.82) is 0 Å². The van der Waals surface area contributed by atoms with Crippen molar-refractivity contribution in [1.82, 2.24) is 9.97 Å². The van der Waals surface area contributed by atoms with E-state index in [4.69, 9.17) is 9.47 Å². The fourth-order valence-electron chi connectivity index (χ4n) is 3.29. The SMILES string of the molecule is COc1ccc2c[c]([Sn]([CH3])([CH3])[CH3])cnc2c1.COc1ccc2nc[c]([Sn]([CH3])([CH3])[CH3])cc2c1. The molecule has 0 saturated heterocycles. The monoisotopic (exact) mass is 646 g/mol. The fraction of sp³-hybridized carbons (Fsp3) is 0.308. The number of rotatable bonds is 4. The van der Waals surface area contributed by atoms with Crippen LogP contribution in [0.4, 0.5) is 0 Å². The number of pyridine rings is 2. The molecule has 168 valence electrons. The normalized spacial score (nSPS) is 11.8.